The zero-order valence-electron chi connectivity index (χ0n) is 8.93. The van der Waals surface area contributed by atoms with Crippen molar-refractivity contribution < 1.29 is 0 Å². The third-order valence-corrected chi connectivity index (χ3v) is 3.95. The molecule has 1 unspecified atom stereocenters. The predicted molar refractivity (Wildman–Crippen MR) is 71.1 cm³/mol. The Labute approximate surface area is 110 Å². The summed E-state index contributed by atoms with van der Waals surface area (Å²) in [5.74, 6) is 0. The first kappa shape index (κ1) is 12.3. The Morgan fingerprint density at radius 2 is 1.88 bits per heavy atom. The molecule has 0 amide bonds. The monoisotopic (exact) mass is 278 g/mol. The van der Waals surface area contributed by atoms with Gasteiger partial charge in [0.2, 0.25) is 0 Å². The van der Waals surface area contributed by atoms with Gasteiger partial charge in [-0.25, -0.2) is 0 Å². The Morgan fingerprint density at radius 1 is 1.19 bits per heavy atom. The molecule has 0 aromatic heterocycles. The number of hydrogen-bond acceptors (Lipinski definition) is 2. The number of hydrogen-bond donors (Lipinski definition) is 1. The molecule has 5 heteroatoms. The number of rotatable bonds is 2. The standard InChI is InChI=1S/C11H13Cl3N2/c1-15-7-2-3-16(6-7)11-5-9(13)8(12)4-10(11)14/h4-5,7,15H,2-3,6H2,1H3. The number of nitrogens with zero attached hydrogens (tertiary/aromatic N) is 1. The smallest absolute Gasteiger partial charge is 0.0655 e. The Kier molecular flexibility index (Phi) is 3.85. The minimum Gasteiger partial charge on any atom is -0.369 e. The summed E-state index contributed by atoms with van der Waals surface area (Å²) in [5, 5.41) is 4.97. The zero-order valence-corrected chi connectivity index (χ0v) is 11.2. The molecule has 16 heavy (non-hydrogen) atoms. The lowest BCUT2D eigenvalue weighted by atomic mass is 10.3. The molecule has 1 saturated heterocycles. The second-order valence-corrected chi connectivity index (χ2v) is 5.16. The fourth-order valence-electron chi connectivity index (χ4n) is 1.97. The van der Waals surface area contributed by atoms with Crippen LogP contribution < -0.4 is 10.2 Å². The zero-order chi connectivity index (χ0) is 11.7. The van der Waals surface area contributed by atoms with E-state index >= 15 is 0 Å². The van der Waals surface area contributed by atoms with Crippen LogP contribution in [0, 0.1) is 0 Å². The highest BCUT2D eigenvalue weighted by atomic mass is 35.5. The van der Waals surface area contributed by atoms with E-state index in [0.717, 1.165) is 25.2 Å². The molecule has 1 aromatic carbocycles. The molecule has 1 aliphatic heterocycles. The molecule has 2 rings (SSSR count). The van der Waals surface area contributed by atoms with E-state index in [0.29, 0.717) is 21.1 Å². The Morgan fingerprint density at radius 3 is 2.50 bits per heavy atom. The van der Waals surface area contributed by atoms with Crippen molar-refractivity contribution in [3.8, 4) is 0 Å². The van der Waals surface area contributed by atoms with Gasteiger partial charge < -0.3 is 10.2 Å². The molecule has 1 atom stereocenters. The second-order valence-electron chi connectivity index (χ2n) is 3.94. The predicted octanol–water partition coefficient (Wildman–Crippen LogP) is 3.44. The maximum absolute atomic E-state index is 6.17. The molecular formula is C11H13Cl3N2. The summed E-state index contributed by atoms with van der Waals surface area (Å²) in [6.45, 7) is 1.94. The van der Waals surface area contributed by atoms with Gasteiger partial charge in [0.05, 0.1) is 20.8 Å². The highest BCUT2D eigenvalue weighted by molar-refractivity contribution is 6.44. The minimum atomic E-state index is 0.500. The highest BCUT2D eigenvalue weighted by Gasteiger charge is 2.23. The topological polar surface area (TPSA) is 15.3 Å². The van der Waals surface area contributed by atoms with Gasteiger partial charge in [0.25, 0.3) is 0 Å². The van der Waals surface area contributed by atoms with Gasteiger partial charge in [0.15, 0.2) is 0 Å². The van der Waals surface area contributed by atoms with Crippen molar-refractivity contribution in [2.24, 2.45) is 0 Å². The van der Waals surface area contributed by atoms with Crippen molar-refractivity contribution in [3.05, 3.63) is 27.2 Å². The van der Waals surface area contributed by atoms with Gasteiger partial charge in [-0.05, 0) is 25.6 Å². The number of benzene rings is 1. The third kappa shape index (κ3) is 2.40. The van der Waals surface area contributed by atoms with E-state index in [2.05, 4.69) is 10.2 Å². The first-order valence-electron chi connectivity index (χ1n) is 5.18. The molecule has 1 N–H and O–H groups in total. The van der Waals surface area contributed by atoms with E-state index in [9.17, 15) is 0 Å². The fourth-order valence-corrected chi connectivity index (χ4v) is 2.63. The Bertz CT molecular complexity index is 395. The lowest BCUT2D eigenvalue weighted by molar-refractivity contribution is 0.617. The van der Waals surface area contributed by atoms with Crippen LogP contribution in [0.3, 0.4) is 0 Å². The van der Waals surface area contributed by atoms with Crippen molar-refractivity contribution >= 4 is 40.5 Å². The van der Waals surface area contributed by atoms with Crippen LogP contribution in [-0.2, 0) is 0 Å². The van der Waals surface area contributed by atoms with Crippen LogP contribution in [-0.4, -0.2) is 26.2 Å². The summed E-state index contributed by atoms with van der Waals surface area (Å²) in [6.07, 6.45) is 1.12. The molecule has 0 spiro atoms. The molecule has 2 nitrogen and oxygen atoms in total. The average Bonchev–Trinajstić information content (AvgIpc) is 2.71. The van der Waals surface area contributed by atoms with Gasteiger partial charge in [-0.1, -0.05) is 34.8 Å². The van der Waals surface area contributed by atoms with Gasteiger partial charge in [0.1, 0.15) is 0 Å². The van der Waals surface area contributed by atoms with Gasteiger partial charge >= 0.3 is 0 Å². The number of nitrogens with one attached hydrogen (secondary N) is 1. The van der Waals surface area contributed by atoms with Gasteiger partial charge in [-0.3, -0.25) is 0 Å². The van der Waals surface area contributed by atoms with E-state index in [1.165, 1.54) is 0 Å². The third-order valence-electron chi connectivity index (χ3n) is 2.93. The molecule has 1 fully saturated rings. The van der Waals surface area contributed by atoms with E-state index in [-0.39, 0.29) is 0 Å². The van der Waals surface area contributed by atoms with Crippen LogP contribution in [0.4, 0.5) is 5.69 Å². The molecular weight excluding hydrogens is 266 g/mol. The summed E-state index contributed by atoms with van der Waals surface area (Å²) in [6, 6.07) is 4.06. The molecule has 0 aliphatic carbocycles. The number of likely N-dealkylation sites (N-methyl/N-ethyl adjacent to an activating group) is 1. The highest BCUT2D eigenvalue weighted by Crippen LogP contribution is 2.35. The van der Waals surface area contributed by atoms with E-state index < -0.39 is 0 Å². The van der Waals surface area contributed by atoms with Gasteiger partial charge in [-0.2, -0.15) is 0 Å². The summed E-state index contributed by atoms with van der Waals surface area (Å²) in [4.78, 5) is 2.23. The van der Waals surface area contributed by atoms with Crippen molar-refractivity contribution in [3.63, 3.8) is 0 Å². The second kappa shape index (κ2) is 5.01. The van der Waals surface area contributed by atoms with Gasteiger partial charge in [-0.15, -0.1) is 0 Å². The number of anilines is 1. The van der Waals surface area contributed by atoms with Crippen LogP contribution in [0.2, 0.25) is 15.1 Å². The maximum atomic E-state index is 6.17. The lowest BCUT2D eigenvalue weighted by Crippen LogP contribution is -2.29. The molecule has 0 saturated carbocycles. The Balaban J connectivity index is 2.24. The molecule has 88 valence electrons. The van der Waals surface area contributed by atoms with Crippen LogP contribution in [0.5, 0.6) is 0 Å². The van der Waals surface area contributed by atoms with Crippen molar-refractivity contribution in [2.45, 2.75) is 12.5 Å². The first-order valence-corrected chi connectivity index (χ1v) is 6.32. The summed E-state index contributed by atoms with van der Waals surface area (Å²) < 4.78 is 0. The first-order chi connectivity index (χ1) is 7.61. The molecule has 0 bridgehead atoms. The van der Waals surface area contributed by atoms with Crippen molar-refractivity contribution in [1.29, 1.82) is 0 Å². The normalized spacial score (nSPS) is 20.5. The molecule has 1 aromatic rings. The van der Waals surface area contributed by atoms with Crippen LogP contribution >= 0.6 is 34.8 Å². The minimum absolute atomic E-state index is 0.500. The van der Waals surface area contributed by atoms with Crippen molar-refractivity contribution in [1.82, 2.24) is 5.32 Å². The lowest BCUT2D eigenvalue weighted by Gasteiger charge is -2.20. The summed E-state index contributed by atoms with van der Waals surface area (Å²) >= 11 is 18.1. The maximum Gasteiger partial charge on any atom is 0.0655 e. The quantitative estimate of drug-likeness (QED) is 0.834. The van der Waals surface area contributed by atoms with Crippen LogP contribution in [0.1, 0.15) is 6.42 Å². The SMILES string of the molecule is CNC1CCN(c2cc(Cl)c(Cl)cc2Cl)C1. The molecule has 1 heterocycles. The molecule has 0 radical (unpaired) electrons. The Hall–Kier alpha value is -0.150. The summed E-state index contributed by atoms with van der Waals surface area (Å²) in [7, 11) is 1.98. The average molecular weight is 280 g/mol. The number of halogens is 3. The van der Waals surface area contributed by atoms with Crippen molar-refractivity contribution in [2.75, 3.05) is 25.0 Å². The fraction of sp³-hybridized carbons (Fsp3) is 0.455. The van der Waals surface area contributed by atoms with Gasteiger partial charge in [0, 0.05) is 19.1 Å². The van der Waals surface area contributed by atoms with E-state index in [1.54, 1.807) is 6.07 Å². The van der Waals surface area contributed by atoms with Crippen LogP contribution in [0.15, 0.2) is 12.1 Å². The molecule has 1 aliphatic rings. The van der Waals surface area contributed by atoms with E-state index in [1.807, 2.05) is 13.1 Å². The van der Waals surface area contributed by atoms with E-state index in [4.69, 9.17) is 34.8 Å². The van der Waals surface area contributed by atoms with Crippen LogP contribution in [0.25, 0.3) is 0 Å². The summed E-state index contributed by atoms with van der Waals surface area (Å²) in [5.41, 5.74) is 0.966. The largest absolute Gasteiger partial charge is 0.369 e.